The van der Waals surface area contributed by atoms with Crippen molar-refractivity contribution in [2.75, 3.05) is 12.4 Å². The Hall–Kier alpha value is -1.62. The third-order valence-corrected chi connectivity index (χ3v) is 2.75. The Bertz CT molecular complexity index is 421. The predicted molar refractivity (Wildman–Crippen MR) is 81.1 cm³/mol. The van der Waals surface area contributed by atoms with Gasteiger partial charge in [0, 0.05) is 5.69 Å². The smallest absolute Gasteiger partial charge is 0.328 e. The summed E-state index contributed by atoms with van der Waals surface area (Å²) in [5, 5.41) is 6.45. The second-order valence-electron chi connectivity index (χ2n) is 4.67. The van der Waals surface area contributed by atoms with Gasteiger partial charge in [-0.1, -0.05) is 32.0 Å². The normalized spacial score (nSPS) is 11.8. The van der Waals surface area contributed by atoms with Gasteiger partial charge in [0.05, 0.1) is 7.11 Å². The molecule has 0 aliphatic heterocycles. The van der Waals surface area contributed by atoms with Gasteiger partial charge in [0.2, 0.25) is 0 Å². The first-order valence-electron chi connectivity index (χ1n) is 6.23. The minimum absolute atomic E-state index is 0.300. The Kier molecular flexibility index (Phi) is 6.29. The molecular weight excluding hydrogens is 260 g/mol. The summed E-state index contributed by atoms with van der Waals surface area (Å²) in [6.07, 6.45) is 0.670. The van der Waals surface area contributed by atoms with Crippen LogP contribution in [0, 0.1) is 5.92 Å². The van der Waals surface area contributed by atoms with Crippen molar-refractivity contribution in [1.82, 2.24) is 5.32 Å². The van der Waals surface area contributed by atoms with Gasteiger partial charge < -0.3 is 15.4 Å². The lowest BCUT2D eigenvalue weighted by molar-refractivity contribution is -0.143. The molecule has 0 amide bonds. The number of benzene rings is 1. The molecule has 1 aromatic carbocycles. The number of hydrogen-bond donors (Lipinski definition) is 2. The average molecular weight is 280 g/mol. The molecule has 0 fully saturated rings. The van der Waals surface area contributed by atoms with Crippen molar-refractivity contribution in [1.29, 1.82) is 0 Å². The highest BCUT2D eigenvalue weighted by Crippen LogP contribution is 2.08. The monoisotopic (exact) mass is 280 g/mol. The molecule has 0 heterocycles. The first-order chi connectivity index (χ1) is 9.02. The molecule has 1 atom stereocenters. The number of methoxy groups -OCH3 is 1. The number of ether oxygens (including phenoxy) is 1. The fourth-order valence-corrected chi connectivity index (χ4v) is 1.93. The van der Waals surface area contributed by atoms with Crippen molar-refractivity contribution in [2.24, 2.45) is 5.92 Å². The van der Waals surface area contributed by atoms with E-state index in [1.165, 1.54) is 7.11 Å². The Morgan fingerprint density at radius 1 is 1.32 bits per heavy atom. The molecule has 1 unspecified atom stereocenters. The summed E-state index contributed by atoms with van der Waals surface area (Å²) in [6.45, 7) is 4.09. The molecule has 0 saturated carbocycles. The minimum atomic E-state index is -0.422. The van der Waals surface area contributed by atoms with Crippen LogP contribution in [0.4, 0.5) is 5.69 Å². The number of esters is 1. The summed E-state index contributed by atoms with van der Waals surface area (Å²) in [7, 11) is 1.38. The first kappa shape index (κ1) is 15.4. The number of nitrogens with one attached hydrogen (secondary N) is 2. The van der Waals surface area contributed by atoms with E-state index >= 15 is 0 Å². The van der Waals surface area contributed by atoms with Gasteiger partial charge in [0.15, 0.2) is 5.11 Å². The van der Waals surface area contributed by atoms with Gasteiger partial charge in [-0.15, -0.1) is 0 Å². The maximum absolute atomic E-state index is 11.7. The van der Waals surface area contributed by atoms with Crippen molar-refractivity contribution in [2.45, 2.75) is 26.3 Å². The van der Waals surface area contributed by atoms with E-state index in [-0.39, 0.29) is 5.97 Å². The van der Waals surface area contributed by atoms with Gasteiger partial charge >= 0.3 is 5.97 Å². The molecule has 1 aromatic rings. The van der Waals surface area contributed by atoms with E-state index in [1.807, 2.05) is 44.2 Å². The highest BCUT2D eigenvalue weighted by molar-refractivity contribution is 7.80. The summed E-state index contributed by atoms with van der Waals surface area (Å²) in [5.41, 5.74) is 0.883. The van der Waals surface area contributed by atoms with Crippen LogP contribution in [0.1, 0.15) is 20.3 Å². The SMILES string of the molecule is COC(=O)C(CC(C)C)NC(=S)Nc1ccccc1. The maximum atomic E-state index is 11.7. The molecule has 0 aliphatic carbocycles. The lowest BCUT2D eigenvalue weighted by Gasteiger charge is -2.20. The molecule has 104 valence electrons. The van der Waals surface area contributed by atoms with Crippen LogP contribution in [0.5, 0.6) is 0 Å². The summed E-state index contributed by atoms with van der Waals surface area (Å²) in [4.78, 5) is 11.7. The van der Waals surface area contributed by atoms with E-state index in [0.717, 1.165) is 5.69 Å². The molecule has 0 spiro atoms. The summed E-state index contributed by atoms with van der Waals surface area (Å²) in [5.74, 6) is 0.0713. The topological polar surface area (TPSA) is 50.4 Å². The van der Waals surface area contributed by atoms with Crippen LogP contribution in [0.15, 0.2) is 30.3 Å². The zero-order valence-electron chi connectivity index (χ0n) is 11.5. The largest absolute Gasteiger partial charge is 0.467 e. The quantitative estimate of drug-likeness (QED) is 0.641. The number of rotatable bonds is 5. The Morgan fingerprint density at radius 2 is 1.95 bits per heavy atom. The lowest BCUT2D eigenvalue weighted by Crippen LogP contribution is -2.44. The third kappa shape index (κ3) is 5.70. The molecule has 0 aliphatic rings. The number of anilines is 1. The molecule has 4 nitrogen and oxygen atoms in total. The van der Waals surface area contributed by atoms with Crippen molar-refractivity contribution in [3.63, 3.8) is 0 Å². The fourth-order valence-electron chi connectivity index (χ4n) is 1.67. The zero-order valence-corrected chi connectivity index (χ0v) is 12.3. The van der Waals surface area contributed by atoms with E-state index in [2.05, 4.69) is 10.6 Å². The van der Waals surface area contributed by atoms with E-state index in [0.29, 0.717) is 17.5 Å². The van der Waals surface area contributed by atoms with Crippen molar-refractivity contribution in [3.05, 3.63) is 30.3 Å². The number of para-hydroxylation sites is 1. The average Bonchev–Trinajstić information content (AvgIpc) is 2.37. The molecule has 19 heavy (non-hydrogen) atoms. The van der Waals surface area contributed by atoms with Gasteiger partial charge in [0.25, 0.3) is 0 Å². The number of hydrogen-bond acceptors (Lipinski definition) is 3. The molecule has 2 N–H and O–H groups in total. The van der Waals surface area contributed by atoms with Crippen molar-refractivity contribution >= 4 is 29.0 Å². The van der Waals surface area contributed by atoms with E-state index in [1.54, 1.807) is 0 Å². The molecular formula is C14H20N2O2S. The predicted octanol–water partition coefficient (Wildman–Crippen LogP) is 2.56. The second-order valence-corrected chi connectivity index (χ2v) is 5.08. The Balaban J connectivity index is 2.58. The van der Waals surface area contributed by atoms with Crippen LogP contribution in [0.2, 0.25) is 0 Å². The number of carbonyl (C=O) groups excluding carboxylic acids is 1. The molecule has 1 rings (SSSR count). The first-order valence-corrected chi connectivity index (χ1v) is 6.64. The van der Waals surface area contributed by atoms with E-state index in [4.69, 9.17) is 17.0 Å². The third-order valence-electron chi connectivity index (χ3n) is 2.53. The second kappa shape index (κ2) is 7.74. The van der Waals surface area contributed by atoms with Crippen LogP contribution in [0.3, 0.4) is 0 Å². The zero-order chi connectivity index (χ0) is 14.3. The van der Waals surface area contributed by atoms with Crippen LogP contribution < -0.4 is 10.6 Å². The highest BCUT2D eigenvalue weighted by atomic mass is 32.1. The standard InChI is InChI=1S/C14H20N2O2S/c1-10(2)9-12(13(17)18-3)16-14(19)15-11-7-5-4-6-8-11/h4-8,10,12H,9H2,1-3H3,(H2,15,16,19). The van der Waals surface area contributed by atoms with Gasteiger partial charge in [-0.3, -0.25) is 0 Å². The van der Waals surface area contributed by atoms with E-state index < -0.39 is 6.04 Å². The summed E-state index contributed by atoms with van der Waals surface area (Å²) < 4.78 is 4.78. The van der Waals surface area contributed by atoms with Gasteiger partial charge in [-0.05, 0) is 36.7 Å². The van der Waals surface area contributed by atoms with Gasteiger partial charge in [-0.2, -0.15) is 0 Å². The maximum Gasteiger partial charge on any atom is 0.328 e. The number of thiocarbonyl (C=S) groups is 1. The van der Waals surface area contributed by atoms with Gasteiger partial charge in [-0.25, -0.2) is 4.79 Å². The van der Waals surface area contributed by atoms with Crippen molar-refractivity contribution < 1.29 is 9.53 Å². The number of carbonyl (C=O) groups is 1. The molecule has 0 aromatic heterocycles. The summed E-state index contributed by atoms with van der Waals surface area (Å²) >= 11 is 5.20. The fraction of sp³-hybridized carbons (Fsp3) is 0.429. The molecule has 0 bridgehead atoms. The highest BCUT2D eigenvalue weighted by Gasteiger charge is 2.21. The van der Waals surface area contributed by atoms with E-state index in [9.17, 15) is 4.79 Å². The molecule has 0 radical (unpaired) electrons. The van der Waals surface area contributed by atoms with Crippen LogP contribution in [0.25, 0.3) is 0 Å². The lowest BCUT2D eigenvalue weighted by atomic mass is 10.0. The summed E-state index contributed by atoms with van der Waals surface area (Å²) in [6, 6.07) is 9.15. The van der Waals surface area contributed by atoms with Crippen molar-refractivity contribution in [3.8, 4) is 0 Å². The van der Waals surface area contributed by atoms with Crippen LogP contribution >= 0.6 is 12.2 Å². The minimum Gasteiger partial charge on any atom is -0.467 e. The van der Waals surface area contributed by atoms with Crippen LogP contribution in [-0.4, -0.2) is 24.2 Å². The molecule has 5 heteroatoms. The Morgan fingerprint density at radius 3 is 2.47 bits per heavy atom. The Labute approximate surface area is 119 Å². The van der Waals surface area contributed by atoms with Gasteiger partial charge in [0.1, 0.15) is 6.04 Å². The molecule has 0 saturated heterocycles. The van der Waals surface area contributed by atoms with Crippen LogP contribution in [-0.2, 0) is 9.53 Å².